The summed E-state index contributed by atoms with van der Waals surface area (Å²) in [5, 5.41) is 3.14. The van der Waals surface area contributed by atoms with Crippen molar-refractivity contribution in [3.63, 3.8) is 0 Å². The number of benzene rings is 2. The minimum Gasteiger partial charge on any atom is -0.496 e. The Morgan fingerprint density at radius 2 is 1.93 bits per heavy atom. The molecule has 1 aliphatic rings. The Morgan fingerprint density at radius 1 is 1.21 bits per heavy atom. The van der Waals surface area contributed by atoms with E-state index in [0.29, 0.717) is 28.4 Å². The topological polar surface area (TPSA) is 84.9 Å². The second-order valence-electron chi connectivity index (χ2n) is 5.96. The molecule has 1 heterocycles. The number of methoxy groups -OCH3 is 1. The number of carbonyl (C=O) groups is 1. The average Bonchev–Trinajstić information content (AvgIpc) is 2.70. The van der Waals surface area contributed by atoms with Crippen LogP contribution in [0.1, 0.15) is 10.4 Å². The summed E-state index contributed by atoms with van der Waals surface area (Å²) in [6.45, 7) is 1.22. The van der Waals surface area contributed by atoms with Gasteiger partial charge in [0.05, 0.1) is 35.8 Å². The fraction of sp³-hybridized carbons (Fsp3) is 0.278. The molecule has 1 saturated heterocycles. The van der Waals surface area contributed by atoms with Crippen molar-refractivity contribution >= 4 is 49.1 Å². The number of ether oxygens (including phenoxy) is 2. The number of carbonyl (C=O) groups excluding carboxylic acids is 1. The van der Waals surface area contributed by atoms with Crippen molar-refractivity contribution in [3.8, 4) is 5.75 Å². The number of anilines is 1. The fourth-order valence-corrected chi connectivity index (χ4v) is 4.60. The summed E-state index contributed by atoms with van der Waals surface area (Å²) in [5.41, 5.74) is 0.581. The molecule has 2 aromatic carbocycles. The Labute approximate surface area is 176 Å². The smallest absolute Gasteiger partial charge is 0.259 e. The lowest BCUT2D eigenvalue weighted by atomic mass is 10.2. The number of morpholine rings is 1. The second-order valence-corrected chi connectivity index (χ2v) is 9.16. The molecule has 7 nitrogen and oxygen atoms in total. The van der Waals surface area contributed by atoms with Crippen molar-refractivity contribution in [3.05, 3.63) is 51.5 Å². The lowest BCUT2D eigenvalue weighted by Gasteiger charge is -2.26. The fourth-order valence-electron chi connectivity index (χ4n) is 2.73. The number of nitrogens with zero attached hydrogens (tertiary/aromatic N) is 1. The van der Waals surface area contributed by atoms with E-state index in [9.17, 15) is 13.2 Å². The van der Waals surface area contributed by atoms with Crippen LogP contribution in [0.25, 0.3) is 0 Å². The Morgan fingerprint density at radius 3 is 2.57 bits per heavy atom. The van der Waals surface area contributed by atoms with E-state index in [1.807, 2.05) is 0 Å². The van der Waals surface area contributed by atoms with Crippen LogP contribution in [0.5, 0.6) is 5.75 Å². The quantitative estimate of drug-likeness (QED) is 0.696. The van der Waals surface area contributed by atoms with E-state index < -0.39 is 15.9 Å². The largest absolute Gasteiger partial charge is 0.496 e. The van der Waals surface area contributed by atoms with E-state index in [4.69, 9.17) is 21.1 Å². The number of rotatable bonds is 5. The highest BCUT2D eigenvalue weighted by molar-refractivity contribution is 9.10. The highest BCUT2D eigenvalue weighted by atomic mass is 79.9. The van der Waals surface area contributed by atoms with Crippen LogP contribution >= 0.6 is 27.5 Å². The Balaban J connectivity index is 1.92. The predicted molar refractivity (Wildman–Crippen MR) is 110 cm³/mol. The maximum Gasteiger partial charge on any atom is 0.259 e. The van der Waals surface area contributed by atoms with Gasteiger partial charge in [0.1, 0.15) is 5.75 Å². The first-order valence-electron chi connectivity index (χ1n) is 8.35. The van der Waals surface area contributed by atoms with Gasteiger partial charge in [-0.3, -0.25) is 4.79 Å². The van der Waals surface area contributed by atoms with Crippen LogP contribution in [0.3, 0.4) is 0 Å². The van der Waals surface area contributed by atoms with Crippen LogP contribution in [-0.4, -0.2) is 52.0 Å². The van der Waals surface area contributed by atoms with Gasteiger partial charge in [-0.1, -0.05) is 11.6 Å². The molecule has 10 heteroatoms. The van der Waals surface area contributed by atoms with Gasteiger partial charge in [-0.15, -0.1) is 0 Å². The van der Waals surface area contributed by atoms with Crippen molar-refractivity contribution in [2.24, 2.45) is 0 Å². The van der Waals surface area contributed by atoms with Gasteiger partial charge in [-0.25, -0.2) is 8.42 Å². The zero-order valence-corrected chi connectivity index (χ0v) is 18.1. The van der Waals surface area contributed by atoms with E-state index >= 15 is 0 Å². The summed E-state index contributed by atoms with van der Waals surface area (Å²) in [7, 11) is -2.32. The van der Waals surface area contributed by atoms with Crippen molar-refractivity contribution in [1.82, 2.24) is 4.31 Å². The van der Waals surface area contributed by atoms with E-state index in [0.717, 1.165) is 0 Å². The molecule has 1 aliphatic heterocycles. The summed E-state index contributed by atoms with van der Waals surface area (Å²) in [6.07, 6.45) is 0. The molecular weight excluding hydrogens is 472 g/mol. The van der Waals surface area contributed by atoms with Crippen LogP contribution in [0.2, 0.25) is 5.02 Å². The molecule has 1 amide bonds. The molecule has 1 fully saturated rings. The number of hydrogen-bond acceptors (Lipinski definition) is 5. The number of hydrogen-bond donors (Lipinski definition) is 1. The molecule has 150 valence electrons. The molecule has 0 aromatic heterocycles. The van der Waals surface area contributed by atoms with Crippen molar-refractivity contribution < 1.29 is 22.7 Å². The first-order valence-corrected chi connectivity index (χ1v) is 11.0. The van der Waals surface area contributed by atoms with Crippen LogP contribution in [-0.2, 0) is 14.8 Å². The molecule has 0 atom stereocenters. The minimum atomic E-state index is -3.74. The molecule has 0 bridgehead atoms. The van der Waals surface area contributed by atoms with Gasteiger partial charge in [-0.2, -0.15) is 4.31 Å². The summed E-state index contributed by atoms with van der Waals surface area (Å²) in [4.78, 5) is 12.8. The normalized spacial score (nSPS) is 15.2. The Kier molecular flexibility index (Phi) is 6.61. The van der Waals surface area contributed by atoms with E-state index in [-0.39, 0.29) is 29.3 Å². The zero-order valence-electron chi connectivity index (χ0n) is 14.9. The zero-order chi connectivity index (χ0) is 20.3. The van der Waals surface area contributed by atoms with E-state index in [1.54, 1.807) is 18.2 Å². The molecule has 28 heavy (non-hydrogen) atoms. The summed E-state index contributed by atoms with van der Waals surface area (Å²) in [6, 6.07) is 9.18. The van der Waals surface area contributed by atoms with Crippen molar-refractivity contribution in [2.75, 3.05) is 38.7 Å². The molecule has 0 aliphatic carbocycles. The van der Waals surface area contributed by atoms with Gasteiger partial charge in [0.2, 0.25) is 10.0 Å². The molecule has 0 saturated carbocycles. The molecule has 2 aromatic rings. The van der Waals surface area contributed by atoms with E-state index in [1.165, 1.54) is 29.6 Å². The number of nitrogens with one attached hydrogen (secondary N) is 1. The molecule has 0 spiro atoms. The van der Waals surface area contributed by atoms with Crippen molar-refractivity contribution in [1.29, 1.82) is 0 Å². The molecular formula is C18H18BrClN2O5S. The van der Waals surface area contributed by atoms with Crippen LogP contribution < -0.4 is 10.1 Å². The van der Waals surface area contributed by atoms with Gasteiger partial charge in [0, 0.05) is 23.2 Å². The molecule has 3 rings (SSSR count). The monoisotopic (exact) mass is 488 g/mol. The summed E-state index contributed by atoms with van der Waals surface area (Å²) in [5.74, 6) is -0.240. The lowest BCUT2D eigenvalue weighted by molar-refractivity contribution is 0.0730. The number of sulfonamides is 1. The van der Waals surface area contributed by atoms with Gasteiger partial charge in [0.15, 0.2) is 0 Å². The first-order chi connectivity index (χ1) is 13.3. The molecule has 0 unspecified atom stereocenters. The maximum absolute atomic E-state index is 12.9. The minimum absolute atomic E-state index is 0.0224. The van der Waals surface area contributed by atoms with Gasteiger partial charge >= 0.3 is 0 Å². The van der Waals surface area contributed by atoms with Crippen LogP contribution in [0.4, 0.5) is 5.69 Å². The maximum atomic E-state index is 12.9. The third-order valence-electron chi connectivity index (χ3n) is 4.20. The van der Waals surface area contributed by atoms with Crippen LogP contribution in [0.15, 0.2) is 45.8 Å². The summed E-state index contributed by atoms with van der Waals surface area (Å²) < 4.78 is 38.2. The van der Waals surface area contributed by atoms with Gasteiger partial charge in [-0.05, 0) is 52.3 Å². The van der Waals surface area contributed by atoms with E-state index in [2.05, 4.69) is 21.2 Å². The third-order valence-corrected chi connectivity index (χ3v) is 7.33. The third kappa shape index (κ3) is 4.49. The number of halogens is 2. The van der Waals surface area contributed by atoms with Crippen molar-refractivity contribution in [2.45, 2.75) is 4.90 Å². The summed E-state index contributed by atoms with van der Waals surface area (Å²) >= 11 is 9.34. The SMILES string of the molecule is COc1ccc(S(=O)(=O)N2CCOCC2)cc1C(=O)Nc1ccc(Br)c(Cl)c1. The lowest BCUT2D eigenvalue weighted by Crippen LogP contribution is -2.40. The highest BCUT2D eigenvalue weighted by Gasteiger charge is 2.28. The van der Waals surface area contributed by atoms with Gasteiger partial charge in [0.25, 0.3) is 5.91 Å². The van der Waals surface area contributed by atoms with Crippen LogP contribution in [0, 0.1) is 0 Å². The standard InChI is InChI=1S/C18H18BrClN2O5S/c1-26-17-5-3-13(28(24,25)22-6-8-27-9-7-22)11-14(17)18(23)21-12-2-4-15(19)16(20)10-12/h2-5,10-11H,6-9H2,1H3,(H,21,23). The molecule has 1 N–H and O–H groups in total. The average molecular weight is 490 g/mol. The van der Waals surface area contributed by atoms with Gasteiger partial charge < -0.3 is 14.8 Å². The highest BCUT2D eigenvalue weighted by Crippen LogP contribution is 2.28. The Bertz CT molecular complexity index is 993. The second kappa shape index (κ2) is 8.79. The Hall–Kier alpha value is -1.65. The molecule has 0 radical (unpaired) electrons. The first kappa shape index (κ1) is 21.1. The number of amides is 1. The predicted octanol–water partition coefficient (Wildman–Crippen LogP) is 3.38.